The minimum atomic E-state index is 0.288. The molecule has 1 heterocycles. The van der Waals surface area contributed by atoms with Crippen LogP contribution in [-0.4, -0.2) is 26.4 Å². The predicted octanol–water partition coefficient (Wildman–Crippen LogP) is 2.82. The summed E-state index contributed by atoms with van der Waals surface area (Å²) in [4.78, 5) is 4.29. The lowest BCUT2D eigenvalue weighted by molar-refractivity contribution is 0.133. The summed E-state index contributed by atoms with van der Waals surface area (Å²) in [6.07, 6.45) is 0. The van der Waals surface area contributed by atoms with E-state index in [1.54, 1.807) is 7.05 Å². The highest BCUT2D eigenvalue weighted by Crippen LogP contribution is 2.32. The van der Waals surface area contributed by atoms with Crippen LogP contribution >= 0.6 is 0 Å². The number of nitrogens with zero attached hydrogens (tertiary/aromatic N) is 1. The first kappa shape index (κ1) is 18.1. The van der Waals surface area contributed by atoms with Gasteiger partial charge in [0.2, 0.25) is 6.79 Å². The number of nitrogens with one attached hydrogen (secondary N) is 2. The molecular formula is C20H25N3O3. The molecule has 0 saturated heterocycles. The number of fused-ring (bicyclic) bond motifs is 1. The maximum Gasteiger partial charge on any atom is 0.231 e. The Morgan fingerprint density at radius 1 is 1.04 bits per heavy atom. The molecule has 2 aromatic rings. The van der Waals surface area contributed by atoms with Crippen LogP contribution < -0.4 is 20.1 Å². The summed E-state index contributed by atoms with van der Waals surface area (Å²) in [5.41, 5.74) is 3.49. The molecule has 0 spiro atoms. The lowest BCUT2D eigenvalue weighted by Gasteiger charge is -2.14. The van der Waals surface area contributed by atoms with Gasteiger partial charge in [-0.1, -0.05) is 30.3 Å². The van der Waals surface area contributed by atoms with E-state index in [0.29, 0.717) is 26.3 Å². The first-order valence-corrected chi connectivity index (χ1v) is 8.77. The third-order valence-electron chi connectivity index (χ3n) is 4.15. The largest absolute Gasteiger partial charge is 0.454 e. The fourth-order valence-electron chi connectivity index (χ4n) is 2.72. The molecular weight excluding hydrogens is 330 g/mol. The standard InChI is InChI=1S/C20H25N3O3/c1-3-24-13-17-7-5-4-6-16(17)12-23-20(21-2)22-11-15-8-9-18-19(10-15)26-14-25-18/h4-10H,3,11-14H2,1-2H3,(H2,21,22,23). The molecule has 3 rings (SSSR count). The van der Waals surface area contributed by atoms with Gasteiger partial charge in [0.05, 0.1) is 6.61 Å². The summed E-state index contributed by atoms with van der Waals surface area (Å²) < 4.78 is 16.3. The van der Waals surface area contributed by atoms with Crippen molar-refractivity contribution in [2.75, 3.05) is 20.4 Å². The third kappa shape index (κ3) is 4.67. The predicted molar refractivity (Wildman–Crippen MR) is 101 cm³/mol. The molecule has 2 aromatic carbocycles. The zero-order chi connectivity index (χ0) is 18.2. The molecule has 6 nitrogen and oxygen atoms in total. The molecule has 0 fully saturated rings. The van der Waals surface area contributed by atoms with Gasteiger partial charge in [-0.2, -0.15) is 0 Å². The van der Waals surface area contributed by atoms with Crippen LogP contribution in [0.3, 0.4) is 0 Å². The SMILES string of the molecule is CCOCc1ccccc1CNC(=NC)NCc1ccc2c(c1)OCO2. The number of ether oxygens (including phenoxy) is 3. The molecule has 0 aliphatic carbocycles. The minimum absolute atomic E-state index is 0.288. The maximum atomic E-state index is 5.54. The second kappa shape index (κ2) is 9.10. The molecule has 1 aliphatic heterocycles. The number of aliphatic imine (C=N–C) groups is 1. The zero-order valence-corrected chi connectivity index (χ0v) is 15.2. The van der Waals surface area contributed by atoms with Gasteiger partial charge in [-0.05, 0) is 35.7 Å². The van der Waals surface area contributed by atoms with Gasteiger partial charge in [0.25, 0.3) is 0 Å². The van der Waals surface area contributed by atoms with Gasteiger partial charge >= 0.3 is 0 Å². The van der Waals surface area contributed by atoms with E-state index in [-0.39, 0.29) is 6.79 Å². The van der Waals surface area contributed by atoms with Gasteiger partial charge < -0.3 is 24.8 Å². The van der Waals surface area contributed by atoms with Gasteiger partial charge in [-0.15, -0.1) is 0 Å². The first-order valence-electron chi connectivity index (χ1n) is 8.77. The van der Waals surface area contributed by atoms with Crippen LogP contribution in [0.5, 0.6) is 11.5 Å². The quantitative estimate of drug-likeness (QED) is 0.591. The minimum Gasteiger partial charge on any atom is -0.454 e. The second-order valence-corrected chi connectivity index (χ2v) is 5.87. The van der Waals surface area contributed by atoms with Crippen LogP contribution in [0.4, 0.5) is 0 Å². The summed E-state index contributed by atoms with van der Waals surface area (Å²) in [6.45, 7) is 4.96. The highest BCUT2D eigenvalue weighted by Gasteiger charge is 2.13. The summed E-state index contributed by atoms with van der Waals surface area (Å²) in [5, 5.41) is 6.67. The van der Waals surface area contributed by atoms with Crippen LogP contribution in [0, 0.1) is 0 Å². The van der Waals surface area contributed by atoms with Crippen LogP contribution in [0.2, 0.25) is 0 Å². The summed E-state index contributed by atoms with van der Waals surface area (Å²) in [6, 6.07) is 14.2. The van der Waals surface area contributed by atoms with E-state index < -0.39 is 0 Å². The Bertz CT molecular complexity index is 762. The van der Waals surface area contributed by atoms with E-state index in [2.05, 4.69) is 27.8 Å². The van der Waals surface area contributed by atoms with Gasteiger partial charge in [0, 0.05) is 26.7 Å². The van der Waals surface area contributed by atoms with Gasteiger partial charge in [-0.3, -0.25) is 4.99 Å². The first-order chi connectivity index (χ1) is 12.8. The number of hydrogen-bond acceptors (Lipinski definition) is 4. The van der Waals surface area contributed by atoms with Crippen molar-refractivity contribution in [2.45, 2.75) is 26.6 Å². The third-order valence-corrected chi connectivity index (χ3v) is 4.15. The highest BCUT2D eigenvalue weighted by molar-refractivity contribution is 5.79. The molecule has 1 aliphatic rings. The van der Waals surface area contributed by atoms with Crippen LogP contribution in [-0.2, 0) is 24.4 Å². The van der Waals surface area contributed by atoms with Crippen molar-refractivity contribution in [2.24, 2.45) is 4.99 Å². The normalized spacial score (nSPS) is 12.9. The van der Waals surface area contributed by atoms with Crippen LogP contribution in [0.1, 0.15) is 23.6 Å². The van der Waals surface area contributed by atoms with E-state index in [4.69, 9.17) is 14.2 Å². The van der Waals surface area contributed by atoms with Crippen molar-refractivity contribution in [3.05, 3.63) is 59.2 Å². The zero-order valence-electron chi connectivity index (χ0n) is 15.2. The van der Waals surface area contributed by atoms with E-state index in [0.717, 1.165) is 23.0 Å². The van der Waals surface area contributed by atoms with Crippen molar-refractivity contribution < 1.29 is 14.2 Å². The van der Waals surface area contributed by atoms with E-state index >= 15 is 0 Å². The molecule has 2 N–H and O–H groups in total. The Balaban J connectivity index is 1.54. The molecule has 138 valence electrons. The number of guanidine groups is 1. The van der Waals surface area contributed by atoms with Crippen molar-refractivity contribution in [3.63, 3.8) is 0 Å². The van der Waals surface area contributed by atoms with E-state index in [1.807, 2.05) is 37.3 Å². The molecule has 0 aromatic heterocycles. The van der Waals surface area contributed by atoms with E-state index in [1.165, 1.54) is 11.1 Å². The van der Waals surface area contributed by atoms with Gasteiger partial charge in [0.15, 0.2) is 17.5 Å². The topological polar surface area (TPSA) is 64.1 Å². The number of hydrogen-bond donors (Lipinski definition) is 2. The van der Waals surface area contributed by atoms with Gasteiger partial charge in [0.1, 0.15) is 0 Å². The Hall–Kier alpha value is -2.73. The lowest BCUT2D eigenvalue weighted by atomic mass is 10.1. The summed E-state index contributed by atoms with van der Waals surface area (Å²) >= 11 is 0. The molecule has 0 amide bonds. The molecule has 0 bridgehead atoms. The van der Waals surface area contributed by atoms with Crippen molar-refractivity contribution in [1.29, 1.82) is 0 Å². The second-order valence-electron chi connectivity index (χ2n) is 5.87. The molecule has 0 unspecified atom stereocenters. The summed E-state index contributed by atoms with van der Waals surface area (Å²) in [5.74, 6) is 2.33. The molecule has 6 heteroatoms. The lowest BCUT2D eigenvalue weighted by Crippen LogP contribution is -2.36. The maximum absolute atomic E-state index is 5.54. The Morgan fingerprint density at radius 3 is 2.62 bits per heavy atom. The monoisotopic (exact) mass is 355 g/mol. The smallest absolute Gasteiger partial charge is 0.231 e. The number of benzene rings is 2. The van der Waals surface area contributed by atoms with Crippen LogP contribution in [0.25, 0.3) is 0 Å². The molecule has 0 saturated carbocycles. The average Bonchev–Trinajstić information content (AvgIpc) is 3.15. The molecule has 0 atom stereocenters. The Labute approximate surface area is 154 Å². The van der Waals surface area contributed by atoms with Gasteiger partial charge in [-0.25, -0.2) is 0 Å². The Kier molecular flexibility index (Phi) is 6.33. The highest BCUT2D eigenvalue weighted by atomic mass is 16.7. The fourth-order valence-corrected chi connectivity index (χ4v) is 2.72. The van der Waals surface area contributed by atoms with Crippen molar-refractivity contribution in [3.8, 4) is 11.5 Å². The molecule has 26 heavy (non-hydrogen) atoms. The molecule has 0 radical (unpaired) electrons. The number of rotatable bonds is 7. The van der Waals surface area contributed by atoms with E-state index in [9.17, 15) is 0 Å². The Morgan fingerprint density at radius 2 is 1.81 bits per heavy atom. The summed E-state index contributed by atoms with van der Waals surface area (Å²) in [7, 11) is 1.76. The fraction of sp³-hybridized carbons (Fsp3) is 0.350. The van der Waals surface area contributed by atoms with Crippen molar-refractivity contribution in [1.82, 2.24) is 10.6 Å². The average molecular weight is 355 g/mol. The van der Waals surface area contributed by atoms with Crippen LogP contribution in [0.15, 0.2) is 47.5 Å². The van der Waals surface area contributed by atoms with Crippen molar-refractivity contribution >= 4 is 5.96 Å².